The fraction of sp³-hybridized carbons (Fsp3) is 0.200. The maximum absolute atomic E-state index is 11.5. The largest absolute Gasteiger partial charge is 0.489 e. The third-order valence-corrected chi connectivity index (χ3v) is 3.82. The fourth-order valence-corrected chi connectivity index (χ4v) is 2.58. The summed E-state index contributed by atoms with van der Waals surface area (Å²) >= 11 is 0. The van der Waals surface area contributed by atoms with Gasteiger partial charge in [-0.05, 0) is 36.2 Å². The zero-order chi connectivity index (χ0) is 17.6. The molecule has 0 saturated carbocycles. The molecular weight excluding hydrogens is 316 g/mol. The zero-order valence-corrected chi connectivity index (χ0v) is 14.1. The molecule has 0 unspecified atom stereocenters. The van der Waals surface area contributed by atoms with Crippen LogP contribution in [-0.4, -0.2) is 20.9 Å². The van der Waals surface area contributed by atoms with Crippen molar-refractivity contribution in [1.29, 1.82) is 0 Å². The minimum atomic E-state index is -0.971. The molecule has 0 radical (unpaired) electrons. The Labute approximate surface area is 146 Å². The molecule has 3 aromatic rings. The summed E-state index contributed by atoms with van der Waals surface area (Å²) in [5, 5.41) is 13.8. The van der Waals surface area contributed by atoms with Crippen LogP contribution in [0.5, 0.6) is 5.75 Å². The van der Waals surface area contributed by atoms with Crippen molar-refractivity contribution < 1.29 is 14.6 Å². The van der Waals surface area contributed by atoms with Gasteiger partial charge in [0.2, 0.25) is 0 Å². The molecule has 1 N–H and O–H groups in total. The molecule has 0 aliphatic carbocycles. The summed E-state index contributed by atoms with van der Waals surface area (Å²) < 4.78 is 7.44. The molecule has 5 heteroatoms. The number of nitrogens with zero attached hydrogens (tertiary/aromatic N) is 2. The van der Waals surface area contributed by atoms with Crippen LogP contribution < -0.4 is 4.74 Å². The second kappa shape index (κ2) is 7.66. The number of ether oxygens (including phenoxy) is 1. The van der Waals surface area contributed by atoms with Crippen LogP contribution in [0.1, 0.15) is 29.3 Å². The summed E-state index contributed by atoms with van der Waals surface area (Å²) in [6.45, 7) is 3.21. The van der Waals surface area contributed by atoms with Gasteiger partial charge >= 0.3 is 5.97 Å². The number of carboxylic acids is 1. The highest BCUT2D eigenvalue weighted by Gasteiger charge is 2.17. The molecule has 5 nitrogen and oxygen atoms in total. The van der Waals surface area contributed by atoms with Crippen LogP contribution >= 0.6 is 0 Å². The fourth-order valence-electron chi connectivity index (χ4n) is 2.58. The first-order chi connectivity index (χ1) is 12.2. The maximum Gasteiger partial charge on any atom is 0.339 e. The Morgan fingerprint density at radius 2 is 1.84 bits per heavy atom. The topological polar surface area (TPSA) is 64.4 Å². The van der Waals surface area contributed by atoms with Gasteiger partial charge in [0.1, 0.15) is 23.6 Å². The number of carboxylic acid groups (broad SMARTS) is 1. The van der Waals surface area contributed by atoms with E-state index in [2.05, 4.69) is 5.10 Å². The van der Waals surface area contributed by atoms with Crippen molar-refractivity contribution in [3.8, 4) is 17.0 Å². The predicted octanol–water partition coefficient (Wildman–Crippen LogP) is 4.24. The number of rotatable bonds is 7. The Balaban J connectivity index is 1.77. The Hall–Kier alpha value is -3.08. The quantitative estimate of drug-likeness (QED) is 0.701. The van der Waals surface area contributed by atoms with Crippen LogP contribution in [0.4, 0.5) is 0 Å². The van der Waals surface area contributed by atoms with E-state index in [1.54, 1.807) is 10.9 Å². The van der Waals surface area contributed by atoms with Crippen molar-refractivity contribution >= 4 is 5.97 Å². The highest BCUT2D eigenvalue weighted by Crippen LogP contribution is 2.25. The molecule has 0 aliphatic heterocycles. The van der Waals surface area contributed by atoms with E-state index in [9.17, 15) is 9.90 Å². The van der Waals surface area contributed by atoms with E-state index in [1.807, 2.05) is 61.5 Å². The van der Waals surface area contributed by atoms with Gasteiger partial charge in [0.25, 0.3) is 0 Å². The van der Waals surface area contributed by atoms with E-state index in [-0.39, 0.29) is 5.56 Å². The van der Waals surface area contributed by atoms with Gasteiger partial charge in [-0.25, -0.2) is 4.79 Å². The number of carbonyl (C=O) groups is 1. The standard InChI is InChI=1S/C20H20N2O3/c1-2-12-22-13-18(20(23)24)19(21-22)16-8-10-17(11-9-16)25-14-15-6-4-3-5-7-15/h3-11,13H,2,12,14H2,1H3,(H,23,24). The number of hydrogen-bond acceptors (Lipinski definition) is 3. The lowest BCUT2D eigenvalue weighted by molar-refractivity contribution is 0.0697. The van der Waals surface area contributed by atoms with Crippen molar-refractivity contribution in [3.05, 3.63) is 71.9 Å². The molecule has 0 saturated heterocycles. The highest BCUT2D eigenvalue weighted by atomic mass is 16.5. The Kier molecular flexibility index (Phi) is 5.14. The minimum absolute atomic E-state index is 0.214. The second-order valence-corrected chi connectivity index (χ2v) is 5.76. The van der Waals surface area contributed by atoms with Crippen molar-refractivity contribution in [2.45, 2.75) is 26.5 Å². The Bertz CT molecular complexity index is 839. The molecule has 25 heavy (non-hydrogen) atoms. The molecule has 0 aliphatic rings. The van der Waals surface area contributed by atoms with Crippen LogP contribution in [0.3, 0.4) is 0 Å². The predicted molar refractivity (Wildman–Crippen MR) is 95.7 cm³/mol. The highest BCUT2D eigenvalue weighted by molar-refractivity contribution is 5.94. The lowest BCUT2D eigenvalue weighted by Gasteiger charge is -2.07. The van der Waals surface area contributed by atoms with Gasteiger partial charge < -0.3 is 9.84 Å². The number of aromatic nitrogens is 2. The molecule has 128 valence electrons. The zero-order valence-electron chi connectivity index (χ0n) is 14.1. The number of benzene rings is 2. The molecule has 0 fully saturated rings. The number of hydrogen-bond donors (Lipinski definition) is 1. The average molecular weight is 336 g/mol. The van der Waals surface area contributed by atoms with Gasteiger partial charge in [-0.1, -0.05) is 37.3 Å². The van der Waals surface area contributed by atoms with Crippen LogP contribution in [0, 0.1) is 0 Å². The summed E-state index contributed by atoms with van der Waals surface area (Å²) in [6.07, 6.45) is 2.48. The molecule has 2 aromatic carbocycles. The third kappa shape index (κ3) is 4.07. The summed E-state index contributed by atoms with van der Waals surface area (Å²) in [5.41, 5.74) is 2.55. The van der Waals surface area contributed by atoms with Crippen molar-refractivity contribution in [2.24, 2.45) is 0 Å². The summed E-state index contributed by atoms with van der Waals surface area (Å²) in [5.74, 6) is -0.237. The van der Waals surface area contributed by atoms with Gasteiger partial charge in [-0.15, -0.1) is 0 Å². The van der Waals surface area contributed by atoms with Crippen LogP contribution in [0.25, 0.3) is 11.3 Å². The van der Waals surface area contributed by atoms with Crippen molar-refractivity contribution in [2.75, 3.05) is 0 Å². The molecule has 3 rings (SSSR count). The van der Waals surface area contributed by atoms with Crippen LogP contribution in [-0.2, 0) is 13.2 Å². The molecule has 0 atom stereocenters. The van der Waals surface area contributed by atoms with E-state index in [0.29, 0.717) is 18.8 Å². The third-order valence-electron chi connectivity index (χ3n) is 3.82. The lowest BCUT2D eigenvalue weighted by Crippen LogP contribution is -1.97. The average Bonchev–Trinajstić information content (AvgIpc) is 3.06. The summed E-state index contributed by atoms with van der Waals surface area (Å²) in [7, 11) is 0. The molecular formula is C20H20N2O3. The van der Waals surface area contributed by atoms with E-state index in [4.69, 9.17) is 4.74 Å². The SMILES string of the molecule is CCCn1cc(C(=O)O)c(-c2ccc(OCc3ccccc3)cc2)n1. The minimum Gasteiger partial charge on any atom is -0.489 e. The number of aryl methyl sites for hydroxylation is 1. The van der Waals surface area contributed by atoms with E-state index in [0.717, 1.165) is 23.3 Å². The first-order valence-corrected chi connectivity index (χ1v) is 8.25. The van der Waals surface area contributed by atoms with Crippen molar-refractivity contribution in [1.82, 2.24) is 9.78 Å². The normalized spacial score (nSPS) is 10.6. The van der Waals surface area contributed by atoms with Gasteiger partial charge in [0.05, 0.1) is 0 Å². The second-order valence-electron chi connectivity index (χ2n) is 5.76. The first kappa shape index (κ1) is 16.8. The van der Waals surface area contributed by atoms with Gasteiger partial charge in [-0.3, -0.25) is 4.68 Å². The molecule has 0 bridgehead atoms. The van der Waals surface area contributed by atoms with Gasteiger partial charge in [-0.2, -0.15) is 5.10 Å². The molecule has 1 aromatic heterocycles. The summed E-state index contributed by atoms with van der Waals surface area (Å²) in [4.78, 5) is 11.5. The monoisotopic (exact) mass is 336 g/mol. The maximum atomic E-state index is 11.5. The van der Waals surface area contributed by atoms with E-state index >= 15 is 0 Å². The van der Waals surface area contributed by atoms with E-state index < -0.39 is 5.97 Å². The summed E-state index contributed by atoms with van der Waals surface area (Å²) in [6, 6.07) is 17.3. The molecule has 0 amide bonds. The Morgan fingerprint density at radius 3 is 2.48 bits per heavy atom. The molecule has 1 heterocycles. The van der Waals surface area contributed by atoms with Crippen LogP contribution in [0.2, 0.25) is 0 Å². The Morgan fingerprint density at radius 1 is 1.12 bits per heavy atom. The van der Waals surface area contributed by atoms with E-state index in [1.165, 1.54) is 0 Å². The molecule has 0 spiro atoms. The van der Waals surface area contributed by atoms with Gasteiger partial charge in [0.15, 0.2) is 0 Å². The van der Waals surface area contributed by atoms with Crippen molar-refractivity contribution in [3.63, 3.8) is 0 Å². The smallest absolute Gasteiger partial charge is 0.339 e. The van der Waals surface area contributed by atoms with Gasteiger partial charge in [0, 0.05) is 18.3 Å². The first-order valence-electron chi connectivity index (χ1n) is 8.25. The lowest BCUT2D eigenvalue weighted by atomic mass is 10.1. The van der Waals surface area contributed by atoms with Crippen LogP contribution in [0.15, 0.2) is 60.8 Å². The number of aromatic carboxylic acids is 1.